The minimum absolute atomic E-state index is 0.190. The molecule has 0 bridgehead atoms. The van der Waals surface area contributed by atoms with Crippen LogP contribution in [0.25, 0.3) is 6.08 Å². The second kappa shape index (κ2) is 8.16. The number of halogens is 3. The number of piperazine rings is 1. The molecule has 2 aliphatic rings. The first-order valence-electron chi connectivity index (χ1n) is 9.34. The first-order chi connectivity index (χ1) is 13.5. The highest BCUT2D eigenvalue weighted by molar-refractivity contribution is 6.42. The van der Waals surface area contributed by atoms with Gasteiger partial charge in [0.25, 0.3) is 0 Å². The molecule has 0 saturated carbocycles. The second-order valence-electron chi connectivity index (χ2n) is 7.22. The fourth-order valence-electron chi connectivity index (χ4n) is 3.60. The van der Waals surface area contributed by atoms with Crippen LogP contribution in [0, 0.1) is 5.82 Å². The van der Waals surface area contributed by atoms with Crippen molar-refractivity contribution in [3.8, 4) is 0 Å². The van der Waals surface area contributed by atoms with Crippen molar-refractivity contribution in [1.29, 1.82) is 0 Å². The molecular formula is C22H22Cl2FN3. The summed E-state index contributed by atoms with van der Waals surface area (Å²) in [6.07, 6.45) is 5.96. The smallest absolute Gasteiger partial charge is 0.132 e. The van der Waals surface area contributed by atoms with Gasteiger partial charge in [0.1, 0.15) is 5.82 Å². The van der Waals surface area contributed by atoms with Gasteiger partial charge < -0.3 is 14.7 Å². The van der Waals surface area contributed by atoms with Gasteiger partial charge in [-0.2, -0.15) is 0 Å². The van der Waals surface area contributed by atoms with Crippen molar-refractivity contribution >= 4 is 40.7 Å². The van der Waals surface area contributed by atoms with Crippen LogP contribution in [0.3, 0.4) is 0 Å². The Hall–Kier alpha value is -2.01. The molecule has 3 nitrogen and oxygen atoms in total. The lowest BCUT2D eigenvalue weighted by atomic mass is 10.1. The summed E-state index contributed by atoms with van der Waals surface area (Å²) in [4.78, 5) is 6.64. The lowest BCUT2D eigenvalue weighted by Gasteiger charge is -2.35. The monoisotopic (exact) mass is 417 g/mol. The Balaban J connectivity index is 1.58. The summed E-state index contributed by atoms with van der Waals surface area (Å²) in [5, 5.41) is 1.06. The largest absolute Gasteiger partial charge is 0.368 e. The Morgan fingerprint density at radius 2 is 1.79 bits per heavy atom. The van der Waals surface area contributed by atoms with Crippen LogP contribution in [0.5, 0.6) is 0 Å². The van der Waals surface area contributed by atoms with Gasteiger partial charge in [-0.15, -0.1) is 0 Å². The highest BCUT2D eigenvalue weighted by Gasteiger charge is 2.19. The molecule has 0 atom stereocenters. The maximum atomic E-state index is 14.7. The lowest BCUT2D eigenvalue weighted by molar-refractivity contribution is 0.312. The van der Waals surface area contributed by atoms with E-state index in [0.29, 0.717) is 22.2 Å². The van der Waals surface area contributed by atoms with Crippen molar-refractivity contribution < 1.29 is 4.39 Å². The van der Waals surface area contributed by atoms with Gasteiger partial charge in [0.05, 0.1) is 10.0 Å². The standard InChI is InChI=1S/C22H22Cl2FN3/c1-26-9-11-27(12-10-26)22-4-2-3-21(25)18(22)13-16-7-8-28(15-16)17-5-6-19(23)20(24)14-17/h2-8,13-14H,9-12,15H2,1H3. The van der Waals surface area contributed by atoms with Gasteiger partial charge in [-0.25, -0.2) is 4.39 Å². The van der Waals surface area contributed by atoms with Crippen LogP contribution < -0.4 is 9.80 Å². The molecule has 2 heterocycles. The summed E-state index contributed by atoms with van der Waals surface area (Å²) in [6.45, 7) is 4.44. The molecular weight excluding hydrogens is 396 g/mol. The average molecular weight is 418 g/mol. The average Bonchev–Trinajstić information content (AvgIpc) is 3.15. The molecule has 146 valence electrons. The zero-order valence-corrected chi connectivity index (χ0v) is 17.2. The van der Waals surface area contributed by atoms with E-state index in [1.54, 1.807) is 12.1 Å². The third kappa shape index (κ3) is 4.04. The fraction of sp³-hybridized carbons (Fsp3) is 0.273. The number of anilines is 2. The number of benzene rings is 2. The van der Waals surface area contributed by atoms with Gasteiger partial charge in [0.2, 0.25) is 0 Å². The van der Waals surface area contributed by atoms with Crippen molar-refractivity contribution in [2.24, 2.45) is 0 Å². The van der Waals surface area contributed by atoms with Crippen molar-refractivity contribution in [2.75, 3.05) is 49.6 Å². The Labute approximate surface area is 175 Å². The minimum atomic E-state index is -0.190. The molecule has 0 aliphatic carbocycles. The molecule has 2 aromatic carbocycles. The van der Waals surface area contributed by atoms with E-state index in [4.69, 9.17) is 23.2 Å². The molecule has 28 heavy (non-hydrogen) atoms. The van der Waals surface area contributed by atoms with E-state index in [1.807, 2.05) is 36.6 Å². The predicted octanol–water partition coefficient (Wildman–Crippen LogP) is 5.30. The van der Waals surface area contributed by atoms with E-state index in [0.717, 1.165) is 43.1 Å². The highest BCUT2D eigenvalue weighted by atomic mass is 35.5. The molecule has 0 spiro atoms. The molecule has 0 radical (unpaired) electrons. The molecule has 6 heteroatoms. The van der Waals surface area contributed by atoms with Crippen molar-refractivity contribution in [2.45, 2.75) is 0 Å². The fourth-order valence-corrected chi connectivity index (χ4v) is 3.89. The summed E-state index contributed by atoms with van der Waals surface area (Å²) >= 11 is 12.2. The Morgan fingerprint density at radius 1 is 1.00 bits per heavy atom. The van der Waals surface area contributed by atoms with Crippen LogP contribution in [0.4, 0.5) is 15.8 Å². The maximum absolute atomic E-state index is 14.7. The van der Waals surface area contributed by atoms with Gasteiger partial charge >= 0.3 is 0 Å². The zero-order chi connectivity index (χ0) is 19.7. The van der Waals surface area contributed by atoms with Gasteiger partial charge in [0, 0.05) is 55.9 Å². The highest BCUT2D eigenvalue weighted by Crippen LogP contribution is 2.32. The molecule has 2 aromatic rings. The normalized spacial score (nSPS) is 19.1. The third-order valence-electron chi connectivity index (χ3n) is 5.26. The molecule has 1 saturated heterocycles. The Kier molecular flexibility index (Phi) is 5.63. The summed E-state index contributed by atoms with van der Waals surface area (Å²) in [6, 6.07) is 10.9. The van der Waals surface area contributed by atoms with Crippen LogP contribution in [-0.2, 0) is 0 Å². The molecule has 1 fully saturated rings. The summed E-state index contributed by atoms with van der Waals surface area (Å²) in [5.74, 6) is -0.190. The lowest BCUT2D eigenvalue weighted by Crippen LogP contribution is -2.44. The van der Waals surface area contributed by atoms with E-state index in [1.165, 1.54) is 6.07 Å². The predicted molar refractivity (Wildman–Crippen MR) is 117 cm³/mol. The summed E-state index contributed by atoms with van der Waals surface area (Å²) in [5.41, 5.74) is 3.62. The molecule has 4 rings (SSSR count). The van der Waals surface area contributed by atoms with Gasteiger partial charge in [0.15, 0.2) is 0 Å². The van der Waals surface area contributed by atoms with Crippen LogP contribution >= 0.6 is 23.2 Å². The van der Waals surface area contributed by atoms with Crippen molar-refractivity contribution in [1.82, 2.24) is 4.90 Å². The quantitative estimate of drug-likeness (QED) is 0.670. The first kappa shape index (κ1) is 19.3. The van der Waals surface area contributed by atoms with Crippen LogP contribution in [0.15, 0.2) is 54.2 Å². The molecule has 0 aromatic heterocycles. The van der Waals surface area contributed by atoms with Crippen molar-refractivity contribution in [3.63, 3.8) is 0 Å². The van der Waals surface area contributed by atoms with E-state index in [9.17, 15) is 4.39 Å². The number of nitrogens with zero attached hydrogens (tertiary/aromatic N) is 3. The van der Waals surface area contributed by atoms with Crippen LogP contribution in [0.1, 0.15) is 5.56 Å². The topological polar surface area (TPSA) is 9.72 Å². The van der Waals surface area contributed by atoms with Crippen LogP contribution in [0.2, 0.25) is 10.0 Å². The number of hydrogen-bond donors (Lipinski definition) is 0. The van der Waals surface area contributed by atoms with E-state index in [-0.39, 0.29) is 5.82 Å². The summed E-state index contributed by atoms with van der Waals surface area (Å²) in [7, 11) is 2.12. The van der Waals surface area contributed by atoms with Gasteiger partial charge in [-0.3, -0.25) is 0 Å². The molecule has 2 aliphatic heterocycles. The molecule has 0 unspecified atom stereocenters. The number of hydrogen-bond acceptors (Lipinski definition) is 3. The van der Waals surface area contributed by atoms with E-state index >= 15 is 0 Å². The van der Waals surface area contributed by atoms with Gasteiger partial charge in [-0.05, 0) is 55.1 Å². The molecule has 0 amide bonds. The van der Waals surface area contributed by atoms with Crippen molar-refractivity contribution in [3.05, 3.63) is 75.7 Å². The SMILES string of the molecule is CN1CCN(c2cccc(F)c2C=C2C=CN(c3ccc(Cl)c(Cl)c3)C2)CC1. The first-order valence-corrected chi connectivity index (χ1v) is 10.1. The second-order valence-corrected chi connectivity index (χ2v) is 8.04. The van der Waals surface area contributed by atoms with Gasteiger partial charge in [-0.1, -0.05) is 29.3 Å². The zero-order valence-electron chi connectivity index (χ0n) is 15.7. The Morgan fingerprint density at radius 3 is 2.54 bits per heavy atom. The third-order valence-corrected chi connectivity index (χ3v) is 6.00. The minimum Gasteiger partial charge on any atom is -0.368 e. The molecule has 0 N–H and O–H groups in total. The van der Waals surface area contributed by atoms with Crippen LogP contribution in [-0.4, -0.2) is 44.7 Å². The Bertz CT molecular complexity index is 933. The maximum Gasteiger partial charge on any atom is 0.132 e. The number of likely N-dealkylation sites (N-methyl/N-ethyl adjacent to an activating group) is 1. The summed E-state index contributed by atoms with van der Waals surface area (Å²) < 4.78 is 14.7. The van der Waals surface area contributed by atoms with E-state index < -0.39 is 0 Å². The van der Waals surface area contributed by atoms with E-state index in [2.05, 4.69) is 21.7 Å². The number of rotatable bonds is 3.